The molecule has 2 atom stereocenters. The molecular formula is C7H11N3O3S. The van der Waals surface area contributed by atoms with Gasteiger partial charge in [0.25, 0.3) is 10.1 Å². The fourth-order valence-corrected chi connectivity index (χ4v) is 1.95. The molecule has 0 aromatic rings. The molecule has 14 heavy (non-hydrogen) atoms. The van der Waals surface area contributed by atoms with Crippen LogP contribution in [0.4, 0.5) is 0 Å². The van der Waals surface area contributed by atoms with Gasteiger partial charge < -0.3 is 0 Å². The van der Waals surface area contributed by atoms with E-state index >= 15 is 0 Å². The molecule has 6 nitrogen and oxygen atoms in total. The molecule has 0 N–H and O–H groups in total. The molecule has 1 rings (SSSR count). The average molecular weight is 217 g/mol. The van der Waals surface area contributed by atoms with Crippen molar-refractivity contribution in [1.29, 1.82) is 0 Å². The molecule has 1 aliphatic rings. The summed E-state index contributed by atoms with van der Waals surface area (Å²) >= 11 is 0. The molecule has 0 spiro atoms. The van der Waals surface area contributed by atoms with Gasteiger partial charge in [-0.15, -0.1) is 0 Å². The highest BCUT2D eigenvalue weighted by atomic mass is 32.2. The summed E-state index contributed by atoms with van der Waals surface area (Å²) in [6, 6.07) is -0.431. The summed E-state index contributed by atoms with van der Waals surface area (Å²) in [6.07, 6.45) is 5.06. The van der Waals surface area contributed by atoms with Crippen molar-refractivity contribution in [2.75, 3.05) is 6.26 Å². The predicted octanol–water partition coefficient (Wildman–Crippen LogP) is 1.36. The van der Waals surface area contributed by atoms with E-state index in [0.717, 1.165) is 6.26 Å². The van der Waals surface area contributed by atoms with Crippen LogP contribution in [0.1, 0.15) is 12.8 Å². The average Bonchev–Trinajstić information content (AvgIpc) is 2.06. The van der Waals surface area contributed by atoms with Crippen LogP contribution < -0.4 is 0 Å². The summed E-state index contributed by atoms with van der Waals surface area (Å²) < 4.78 is 26.5. The predicted molar refractivity (Wildman–Crippen MR) is 51.0 cm³/mol. The molecule has 78 valence electrons. The maximum Gasteiger partial charge on any atom is 0.264 e. The Morgan fingerprint density at radius 2 is 2.14 bits per heavy atom. The zero-order chi connectivity index (χ0) is 10.6. The van der Waals surface area contributed by atoms with Gasteiger partial charge in [-0.3, -0.25) is 4.18 Å². The van der Waals surface area contributed by atoms with Crippen molar-refractivity contribution in [3.8, 4) is 0 Å². The second-order valence-electron chi connectivity index (χ2n) is 3.05. The molecule has 0 saturated heterocycles. The highest BCUT2D eigenvalue weighted by Gasteiger charge is 2.25. The van der Waals surface area contributed by atoms with E-state index < -0.39 is 22.3 Å². The highest BCUT2D eigenvalue weighted by Crippen LogP contribution is 2.20. The Balaban J connectivity index is 2.74. The Kier molecular flexibility index (Phi) is 3.51. The Labute approximate surface area is 82.3 Å². The fraction of sp³-hybridized carbons (Fsp3) is 0.714. The topological polar surface area (TPSA) is 92.1 Å². The molecule has 0 aromatic heterocycles. The van der Waals surface area contributed by atoms with Gasteiger partial charge >= 0.3 is 0 Å². The van der Waals surface area contributed by atoms with Crippen molar-refractivity contribution in [2.45, 2.75) is 25.0 Å². The van der Waals surface area contributed by atoms with Gasteiger partial charge in [0, 0.05) is 4.91 Å². The molecule has 0 radical (unpaired) electrons. The van der Waals surface area contributed by atoms with Gasteiger partial charge in [0.15, 0.2) is 0 Å². The molecule has 0 unspecified atom stereocenters. The molecule has 7 heteroatoms. The zero-order valence-corrected chi connectivity index (χ0v) is 8.51. The van der Waals surface area contributed by atoms with Gasteiger partial charge in [-0.1, -0.05) is 17.3 Å². The number of azide groups is 1. The number of hydrogen-bond donors (Lipinski definition) is 0. The van der Waals surface area contributed by atoms with Crippen molar-refractivity contribution >= 4 is 10.1 Å². The van der Waals surface area contributed by atoms with E-state index in [2.05, 4.69) is 10.0 Å². The van der Waals surface area contributed by atoms with Crippen molar-refractivity contribution in [2.24, 2.45) is 5.11 Å². The minimum absolute atomic E-state index is 0.431. The van der Waals surface area contributed by atoms with Crippen LogP contribution in [0.3, 0.4) is 0 Å². The fourth-order valence-electron chi connectivity index (χ4n) is 1.29. The van der Waals surface area contributed by atoms with E-state index in [-0.39, 0.29) is 0 Å². The number of hydrogen-bond acceptors (Lipinski definition) is 4. The van der Waals surface area contributed by atoms with E-state index in [1.165, 1.54) is 0 Å². The molecule has 0 aliphatic heterocycles. The molecule has 0 amide bonds. The first-order chi connectivity index (χ1) is 6.53. The first kappa shape index (κ1) is 11.0. The molecule has 1 aliphatic carbocycles. The van der Waals surface area contributed by atoms with E-state index in [1.54, 1.807) is 0 Å². The largest absolute Gasteiger partial charge is 0.266 e. The van der Waals surface area contributed by atoms with E-state index in [9.17, 15) is 8.42 Å². The minimum Gasteiger partial charge on any atom is -0.266 e. The quantitative estimate of drug-likeness (QED) is 0.235. The monoisotopic (exact) mass is 217 g/mol. The first-order valence-electron chi connectivity index (χ1n) is 4.10. The maximum atomic E-state index is 10.9. The van der Waals surface area contributed by atoms with Crippen LogP contribution in [0, 0.1) is 0 Å². The van der Waals surface area contributed by atoms with Crippen LogP contribution in [0.5, 0.6) is 0 Å². The third kappa shape index (κ3) is 3.37. The van der Waals surface area contributed by atoms with Crippen LogP contribution in [-0.4, -0.2) is 26.8 Å². The second-order valence-corrected chi connectivity index (χ2v) is 4.65. The molecule has 0 fully saturated rings. The molecule has 0 saturated carbocycles. The lowest BCUT2D eigenvalue weighted by atomic mass is 10.00. The van der Waals surface area contributed by atoms with Crippen molar-refractivity contribution in [1.82, 2.24) is 0 Å². The van der Waals surface area contributed by atoms with Crippen molar-refractivity contribution < 1.29 is 12.6 Å². The van der Waals surface area contributed by atoms with Crippen LogP contribution in [0.25, 0.3) is 10.4 Å². The summed E-state index contributed by atoms with van der Waals surface area (Å²) in [6.45, 7) is 0. The van der Waals surface area contributed by atoms with E-state index in [1.807, 2.05) is 12.2 Å². The van der Waals surface area contributed by atoms with Gasteiger partial charge in [-0.25, -0.2) is 0 Å². The van der Waals surface area contributed by atoms with Gasteiger partial charge in [-0.05, 0) is 18.4 Å². The smallest absolute Gasteiger partial charge is 0.264 e. The van der Waals surface area contributed by atoms with Crippen LogP contribution in [0.15, 0.2) is 17.3 Å². The summed E-state index contributed by atoms with van der Waals surface area (Å²) in [4.78, 5) is 2.66. The van der Waals surface area contributed by atoms with Crippen LogP contribution in [-0.2, 0) is 14.3 Å². The van der Waals surface area contributed by atoms with Gasteiger partial charge in [0.2, 0.25) is 0 Å². The van der Waals surface area contributed by atoms with Crippen molar-refractivity contribution in [3.05, 3.63) is 22.6 Å². The van der Waals surface area contributed by atoms with Gasteiger partial charge in [-0.2, -0.15) is 8.42 Å². The Hall–Kier alpha value is -1.04. The molecular weight excluding hydrogens is 206 g/mol. The summed E-state index contributed by atoms with van der Waals surface area (Å²) in [7, 11) is -3.49. The standard InChI is InChI=1S/C7H11N3O3S/c1-14(11,12)13-7-5-3-2-4-6(7)9-10-8/h2-3,6-7H,4-5H2,1H3/t6-,7-/m0/s1. The SMILES string of the molecule is CS(=O)(=O)O[C@H]1CC=CC[C@@H]1N=[N+]=[N-]. The molecule has 0 aromatic carbocycles. The number of rotatable bonds is 3. The summed E-state index contributed by atoms with van der Waals surface area (Å²) in [5.74, 6) is 0. The van der Waals surface area contributed by atoms with Gasteiger partial charge in [0.05, 0.1) is 18.4 Å². The third-order valence-corrected chi connectivity index (χ3v) is 2.44. The summed E-state index contributed by atoms with van der Waals surface area (Å²) in [5.41, 5.74) is 8.26. The lowest BCUT2D eigenvalue weighted by Crippen LogP contribution is -2.30. The van der Waals surface area contributed by atoms with Crippen LogP contribution in [0.2, 0.25) is 0 Å². The first-order valence-corrected chi connectivity index (χ1v) is 5.92. The Morgan fingerprint density at radius 1 is 1.50 bits per heavy atom. The minimum atomic E-state index is -3.49. The second kappa shape index (κ2) is 4.45. The van der Waals surface area contributed by atoms with E-state index in [0.29, 0.717) is 12.8 Å². The van der Waals surface area contributed by atoms with Crippen LogP contribution >= 0.6 is 0 Å². The molecule has 0 bridgehead atoms. The number of nitrogens with zero attached hydrogens (tertiary/aromatic N) is 3. The molecule has 0 heterocycles. The maximum absolute atomic E-state index is 10.9. The Bertz CT molecular complexity index is 370. The third-order valence-electron chi connectivity index (χ3n) is 1.84. The van der Waals surface area contributed by atoms with Gasteiger partial charge in [0.1, 0.15) is 0 Å². The summed E-state index contributed by atoms with van der Waals surface area (Å²) in [5, 5.41) is 3.49. The Morgan fingerprint density at radius 3 is 2.71 bits per heavy atom. The van der Waals surface area contributed by atoms with E-state index in [4.69, 9.17) is 9.71 Å². The lowest BCUT2D eigenvalue weighted by Gasteiger charge is -2.23. The zero-order valence-electron chi connectivity index (χ0n) is 7.70. The van der Waals surface area contributed by atoms with Crippen molar-refractivity contribution in [3.63, 3.8) is 0 Å². The highest BCUT2D eigenvalue weighted by molar-refractivity contribution is 7.86. The normalized spacial score (nSPS) is 26.9. The lowest BCUT2D eigenvalue weighted by molar-refractivity contribution is 0.178.